The molecule has 0 aromatic rings. The first-order chi connectivity index (χ1) is 8.84. The average Bonchev–Trinajstić information content (AvgIpc) is 2.35. The fourth-order valence-electron chi connectivity index (χ4n) is 2.80. The summed E-state index contributed by atoms with van der Waals surface area (Å²) in [4.78, 5) is 2.20. The SMILES string of the molecule is CCCNC(C)CC(C)N1CCC(C(F)(F)F)CC1. The number of hydrogen-bond acceptors (Lipinski definition) is 2. The predicted octanol–water partition coefficient (Wildman–Crippen LogP) is 3.43. The van der Waals surface area contributed by atoms with Gasteiger partial charge in [0.1, 0.15) is 0 Å². The van der Waals surface area contributed by atoms with Crippen molar-refractivity contribution in [2.45, 2.75) is 64.7 Å². The lowest BCUT2D eigenvalue weighted by Crippen LogP contribution is -2.45. The number of nitrogens with one attached hydrogen (secondary N) is 1. The number of hydrogen-bond donors (Lipinski definition) is 1. The summed E-state index contributed by atoms with van der Waals surface area (Å²) in [5, 5.41) is 3.43. The molecule has 1 heterocycles. The van der Waals surface area contributed by atoms with Crippen LogP contribution in [0.1, 0.15) is 46.5 Å². The van der Waals surface area contributed by atoms with Gasteiger partial charge in [0.25, 0.3) is 0 Å². The van der Waals surface area contributed by atoms with Gasteiger partial charge in [-0.1, -0.05) is 6.92 Å². The predicted molar refractivity (Wildman–Crippen MR) is 72.2 cm³/mol. The Labute approximate surface area is 114 Å². The zero-order valence-electron chi connectivity index (χ0n) is 12.3. The summed E-state index contributed by atoms with van der Waals surface area (Å²) >= 11 is 0. The molecule has 5 heteroatoms. The van der Waals surface area contributed by atoms with E-state index in [0.29, 0.717) is 25.2 Å². The quantitative estimate of drug-likeness (QED) is 0.802. The molecule has 0 aromatic carbocycles. The molecule has 19 heavy (non-hydrogen) atoms. The summed E-state index contributed by atoms with van der Waals surface area (Å²) in [5.41, 5.74) is 0. The van der Waals surface area contributed by atoms with Crippen molar-refractivity contribution in [1.29, 1.82) is 0 Å². The Hall–Kier alpha value is -0.290. The highest BCUT2D eigenvalue weighted by Crippen LogP contribution is 2.34. The van der Waals surface area contributed by atoms with Crippen molar-refractivity contribution < 1.29 is 13.2 Å². The second kappa shape index (κ2) is 7.48. The number of likely N-dealkylation sites (tertiary alicyclic amines) is 1. The molecule has 1 N–H and O–H groups in total. The smallest absolute Gasteiger partial charge is 0.314 e. The van der Waals surface area contributed by atoms with Crippen LogP contribution in [0.4, 0.5) is 13.2 Å². The fourth-order valence-corrected chi connectivity index (χ4v) is 2.80. The van der Waals surface area contributed by atoms with Gasteiger partial charge in [-0.2, -0.15) is 13.2 Å². The summed E-state index contributed by atoms with van der Waals surface area (Å²) in [7, 11) is 0. The molecule has 1 saturated heterocycles. The zero-order chi connectivity index (χ0) is 14.5. The molecule has 1 rings (SSSR count). The topological polar surface area (TPSA) is 15.3 Å². The van der Waals surface area contributed by atoms with E-state index in [2.05, 4.69) is 31.0 Å². The van der Waals surface area contributed by atoms with Gasteiger partial charge in [0, 0.05) is 12.1 Å². The van der Waals surface area contributed by atoms with Gasteiger partial charge in [-0.05, 0) is 59.2 Å². The van der Waals surface area contributed by atoms with Crippen molar-refractivity contribution in [3.63, 3.8) is 0 Å². The normalized spacial score (nSPS) is 22.4. The monoisotopic (exact) mass is 280 g/mol. The lowest BCUT2D eigenvalue weighted by molar-refractivity contribution is -0.186. The van der Waals surface area contributed by atoms with E-state index in [1.165, 1.54) is 0 Å². The molecule has 0 aliphatic carbocycles. The maximum absolute atomic E-state index is 12.6. The van der Waals surface area contributed by atoms with Crippen LogP contribution in [0.5, 0.6) is 0 Å². The number of nitrogens with zero attached hydrogens (tertiary/aromatic N) is 1. The van der Waals surface area contributed by atoms with Gasteiger partial charge < -0.3 is 10.2 Å². The fraction of sp³-hybridized carbons (Fsp3) is 1.00. The third-order valence-electron chi connectivity index (χ3n) is 4.05. The summed E-state index contributed by atoms with van der Waals surface area (Å²) in [5.74, 6) is -1.09. The highest BCUT2D eigenvalue weighted by atomic mass is 19.4. The van der Waals surface area contributed by atoms with Gasteiger partial charge >= 0.3 is 6.18 Å². The lowest BCUT2D eigenvalue weighted by Gasteiger charge is -2.37. The Bertz CT molecular complexity index is 248. The molecular weight excluding hydrogens is 253 g/mol. The second-order valence-electron chi connectivity index (χ2n) is 5.79. The lowest BCUT2D eigenvalue weighted by atomic mass is 9.94. The van der Waals surface area contributed by atoms with Gasteiger partial charge in [0.05, 0.1) is 5.92 Å². The van der Waals surface area contributed by atoms with Crippen molar-refractivity contribution in [3.05, 3.63) is 0 Å². The molecule has 2 unspecified atom stereocenters. The Morgan fingerprint density at radius 1 is 1.21 bits per heavy atom. The van der Waals surface area contributed by atoms with E-state index < -0.39 is 12.1 Å². The summed E-state index contributed by atoms with van der Waals surface area (Å²) in [6, 6.07) is 0.781. The van der Waals surface area contributed by atoms with Crippen molar-refractivity contribution in [2.75, 3.05) is 19.6 Å². The van der Waals surface area contributed by atoms with E-state index >= 15 is 0 Å². The molecule has 1 aliphatic rings. The number of piperidine rings is 1. The largest absolute Gasteiger partial charge is 0.391 e. The van der Waals surface area contributed by atoms with Crippen molar-refractivity contribution in [1.82, 2.24) is 10.2 Å². The minimum absolute atomic E-state index is 0.255. The number of alkyl halides is 3. The Balaban J connectivity index is 2.30. The van der Waals surface area contributed by atoms with E-state index in [9.17, 15) is 13.2 Å². The third-order valence-corrected chi connectivity index (χ3v) is 4.05. The van der Waals surface area contributed by atoms with Crippen molar-refractivity contribution >= 4 is 0 Å². The van der Waals surface area contributed by atoms with Crippen LogP contribution >= 0.6 is 0 Å². The summed E-state index contributed by atoms with van der Waals surface area (Å²) in [6.07, 6.45) is -1.40. The van der Waals surface area contributed by atoms with Gasteiger partial charge in [0.15, 0.2) is 0 Å². The first-order valence-electron chi connectivity index (χ1n) is 7.38. The van der Waals surface area contributed by atoms with E-state index in [1.807, 2.05) is 0 Å². The van der Waals surface area contributed by atoms with Crippen molar-refractivity contribution in [2.24, 2.45) is 5.92 Å². The molecule has 0 saturated carbocycles. The minimum Gasteiger partial charge on any atom is -0.314 e. The Morgan fingerprint density at radius 3 is 2.26 bits per heavy atom. The van der Waals surface area contributed by atoms with Crippen LogP contribution in [-0.4, -0.2) is 42.8 Å². The Kier molecular flexibility index (Phi) is 6.60. The molecule has 1 fully saturated rings. The first kappa shape index (κ1) is 16.8. The maximum Gasteiger partial charge on any atom is 0.391 e. The molecular formula is C14H27F3N2. The van der Waals surface area contributed by atoms with Crippen LogP contribution in [-0.2, 0) is 0 Å². The molecule has 0 spiro atoms. The van der Waals surface area contributed by atoms with Gasteiger partial charge in [0.2, 0.25) is 0 Å². The highest BCUT2D eigenvalue weighted by Gasteiger charge is 2.41. The molecule has 0 amide bonds. The summed E-state index contributed by atoms with van der Waals surface area (Å²) in [6.45, 7) is 8.56. The van der Waals surface area contributed by atoms with E-state index in [0.717, 1.165) is 19.4 Å². The number of rotatable bonds is 6. The second-order valence-corrected chi connectivity index (χ2v) is 5.79. The standard InChI is InChI=1S/C14H27F3N2/c1-4-7-18-11(2)10-12(3)19-8-5-13(6-9-19)14(15,16)17/h11-13,18H,4-10H2,1-3H3. The van der Waals surface area contributed by atoms with E-state index in [4.69, 9.17) is 0 Å². The van der Waals surface area contributed by atoms with Crippen LogP contribution in [0, 0.1) is 5.92 Å². The van der Waals surface area contributed by atoms with Gasteiger partial charge in [-0.3, -0.25) is 0 Å². The zero-order valence-corrected chi connectivity index (χ0v) is 12.3. The molecule has 2 atom stereocenters. The first-order valence-corrected chi connectivity index (χ1v) is 7.38. The molecule has 0 radical (unpaired) electrons. The average molecular weight is 280 g/mol. The van der Waals surface area contributed by atoms with Crippen LogP contribution in [0.2, 0.25) is 0 Å². The summed E-state index contributed by atoms with van der Waals surface area (Å²) < 4.78 is 37.8. The number of halogens is 3. The van der Waals surface area contributed by atoms with Gasteiger partial charge in [-0.25, -0.2) is 0 Å². The van der Waals surface area contributed by atoms with Crippen LogP contribution in [0.15, 0.2) is 0 Å². The van der Waals surface area contributed by atoms with Crippen LogP contribution in [0.3, 0.4) is 0 Å². The minimum atomic E-state index is -4.01. The van der Waals surface area contributed by atoms with Gasteiger partial charge in [-0.15, -0.1) is 0 Å². The van der Waals surface area contributed by atoms with Crippen LogP contribution in [0.25, 0.3) is 0 Å². The van der Waals surface area contributed by atoms with Crippen molar-refractivity contribution in [3.8, 4) is 0 Å². The van der Waals surface area contributed by atoms with E-state index in [1.54, 1.807) is 0 Å². The highest BCUT2D eigenvalue weighted by molar-refractivity contribution is 4.81. The molecule has 0 aromatic heterocycles. The third kappa shape index (κ3) is 5.69. The molecule has 1 aliphatic heterocycles. The maximum atomic E-state index is 12.6. The molecule has 114 valence electrons. The molecule has 0 bridgehead atoms. The molecule has 2 nitrogen and oxygen atoms in total. The van der Waals surface area contributed by atoms with E-state index in [-0.39, 0.29) is 12.8 Å². The Morgan fingerprint density at radius 2 is 1.79 bits per heavy atom. The van der Waals surface area contributed by atoms with Crippen LogP contribution < -0.4 is 5.32 Å².